The van der Waals surface area contributed by atoms with Crippen LogP contribution >= 0.6 is 0 Å². The molecule has 3 aromatic rings. The van der Waals surface area contributed by atoms with E-state index in [1.807, 2.05) is 48.5 Å². The third-order valence-corrected chi connectivity index (χ3v) is 6.94. The second-order valence-electron chi connectivity index (χ2n) is 9.17. The molecule has 0 radical (unpaired) electrons. The highest BCUT2D eigenvalue weighted by Gasteiger charge is 2.41. The van der Waals surface area contributed by atoms with Crippen molar-refractivity contribution in [3.05, 3.63) is 89.0 Å². The molecule has 1 saturated heterocycles. The van der Waals surface area contributed by atoms with Gasteiger partial charge in [0.05, 0.1) is 17.8 Å². The molecular formula is C28H25N3O5. The average Bonchev–Trinajstić information content (AvgIpc) is 3.58. The molecule has 1 atom stereocenters. The Morgan fingerprint density at radius 1 is 0.944 bits per heavy atom. The lowest BCUT2D eigenvalue weighted by Gasteiger charge is -2.26. The monoisotopic (exact) mass is 483 g/mol. The molecule has 3 heterocycles. The van der Waals surface area contributed by atoms with Crippen LogP contribution in [-0.2, 0) is 17.9 Å². The summed E-state index contributed by atoms with van der Waals surface area (Å²) in [7, 11) is 0. The van der Waals surface area contributed by atoms with Crippen LogP contribution in [0.2, 0.25) is 0 Å². The molecule has 1 fully saturated rings. The Balaban J connectivity index is 1.16. The van der Waals surface area contributed by atoms with Gasteiger partial charge in [-0.2, -0.15) is 0 Å². The molecule has 8 nitrogen and oxygen atoms in total. The van der Waals surface area contributed by atoms with Crippen molar-refractivity contribution in [2.75, 3.05) is 18.2 Å². The second kappa shape index (κ2) is 9.03. The first kappa shape index (κ1) is 22.2. The fourth-order valence-electron chi connectivity index (χ4n) is 5.05. The minimum atomic E-state index is -0.425. The molecule has 3 aliphatic heterocycles. The van der Waals surface area contributed by atoms with Crippen molar-refractivity contribution < 1.29 is 23.9 Å². The van der Waals surface area contributed by atoms with E-state index in [-0.39, 0.29) is 24.5 Å². The molecule has 0 aromatic heterocycles. The molecule has 8 heteroatoms. The molecule has 1 unspecified atom stereocenters. The Bertz CT molecular complexity index is 1350. The van der Waals surface area contributed by atoms with E-state index in [0.717, 1.165) is 17.5 Å². The van der Waals surface area contributed by atoms with Crippen molar-refractivity contribution in [3.63, 3.8) is 0 Å². The van der Waals surface area contributed by atoms with Crippen molar-refractivity contribution in [1.82, 2.24) is 10.2 Å². The lowest BCUT2D eigenvalue weighted by molar-refractivity contribution is -0.122. The van der Waals surface area contributed by atoms with Crippen LogP contribution in [0.4, 0.5) is 5.69 Å². The Labute approximate surface area is 208 Å². The van der Waals surface area contributed by atoms with Gasteiger partial charge in [-0.05, 0) is 60.4 Å². The van der Waals surface area contributed by atoms with E-state index < -0.39 is 6.04 Å². The van der Waals surface area contributed by atoms with Gasteiger partial charge in [-0.25, -0.2) is 0 Å². The van der Waals surface area contributed by atoms with Gasteiger partial charge in [0, 0.05) is 18.7 Å². The Morgan fingerprint density at radius 2 is 1.72 bits per heavy atom. The molecule has 36 heavy (non-hydrogen) atoms. The molecule has 0 aliphatic carbocycles. The summed E-state index contributed by atoms with van der Waals surface area (Å²) in [6.07, 6.45) is 1.51. The predicted molar refractivity (Wildman–Crippen MR) is 132 cm³/mol. The SMILES string of the molecule is O=C(NCc1ccc2c(c1)OCO2)c1ccc(CN2C(=O)C3CCCN3C(=O)c3ccccc32)cc1. The average molecular weight is 484 g/mol. The number of carbonyl (C=O) groups is 3. The molecule has 3 amide bonds. The lowest BCUT2D eigenvalue weighted by Crippen LogP contribution is -2.44. The van der Waals surface area contributed by atoms with E-state index in [9.17, 15) is 14.4 Å². The van der Waals surface area contributed by atoms with Gasteiger partial charge in [0.1, 0.15) is 6.04 Å². The van der Waals surface area contributed by atoms with Crippen molar-refractivity contribution in [3.8, 4) is 11.5 Å². The highest BCUT2D eigenvalue weighted by atomic mass is 16.7. The van der Waals surface area contributed by atoms with Crippen molar-refractivity contribution in [2.45, 2.75) is 32.0 Å². The van der Waals surface area contributed by atoms with Gasteiger partial charge in [-0.15, -0.1) is 0 Å². The van der Waals surface area contributed by atoms with Gasteiger partial charge >= 0.3 is 0 Å². The summed E-state index contributed by atoms with van der Waals surface area (Å²) in [6, 6.07) is 19.7. The van der Waals surface area contributed by atoms with Gasteiger partial charge < -0.3 is 24.6 Å². The van der Waals surface area contributed by atoms with Crippen LogP contribution in [0.25, 0.3) is 0 Å². The fraction of sp³-hybridized carbons (Fsp3) is 0.250. The van der Waals surface area contributed by atoms with E-state index >= 15 is 0 Å². The summed E-state index contributed by atoms with van der Waals surface area (Å²) in [5.41, 5.74) is 3.50. The number of carbonyl (C=O) groups excluding carboxylic acids is 3. The molecule has 6 rings (SSSR count). The molecule has 3 aliphatic rings. The first-order valence-electron chi connectivity index (χ1n) is 12.1. The third kappa shape index (κ3) is 3.94. The summed E-state index contributed by atoms with van der Waals surface area (Å²) >= 11 is 0. The number of para-hydroxylation sites is 1. The summed E-state index contributed by atoms with van der Waals surface area (Å²) in [4.78, 5) is 42.7. The first-order valence-corrected chi connectivity index (χ1v) is 12.1. The zero-order chi connectivity index (χ0) is 24.6. The number of anilines is 1. The number of nitrogens with zero attached hydrogens (tertiary/aromatic N) is 2. The van der Waals surface area contributed by atoms with E-state index in [2.05, 4.69) is 5.32 Å². The van der Waals surface area contributed by atoms with Crippen LogP contribution in [0.1, 0.15) is 44.7 Å². The molecule has 0 spiro atoms. The topological polar surface area (TPSA) is 88.2 Å². The summed E-state index contributed by atoms with van der Waals surface area (Å²) in [6.45, 7) is 1.50. The number of ether oxygens (including phenoxy) is 2. The van der Waals surface area contributed by atoms with Gasteiger partial charge in [-0.3, -0.25) is 14.4 Å². The number of rotatable bonds is 5. The van der Waals surface area contributed by atoms with Gasteiger partial charge in [-0.1, -0.05) is 30.3 Å². The van der Waals surface area contributed by atoms with Gasteiger partial charge in [0.15, 0.2) is 11.5 Å². The largest absolute Gasteiger partial charge is 0.454 e. The van der Waals surface area contributed by atoms with E-state index in [0.29, 0.717) is 54.4 Å². The normalized spacial score (nSPS) is 18.1. The number of benzene rings is 3. The van der Waals surface area contributed by atoms with E-state index in [1.165, 1.54) is 0 Å². The number of amides is 3. The molecule has 1 N–H and O–H groups in total. The molecule has 3 aromatic carbocycles. The summed E-state index contributed by atoms with van der Waals surface area (Å²) < 4.78 is 10.7. The quantitative estimate of drug-likeness (QED) is 0.600. The van der Waals surface area contributed by atoms with Crippen LogP contribution in [0, 0.1) is 0 Å². The minimum Gasteiger partial charge on any atom is -0.454 e. The van der Waals surface area contributed by atoms with Crippen LogP contribution in [0.5, 0.6) is 11.5 Å². The van der Waals surface area contributed by atoms with Crippen LogP contribution in [0.15, 0.2) is 66.7 Å². The van der Waals surface area contributed by atoms with Crippen LogP contribution < -0.4 is 19.7 Å². The zero-order valence-corrected chi connectivity index (χ0v) is 19.6. The Hall–Kier alpha value is -4.33. The van der Waals surface area contributed by atoms with E-state index in [1.54, 1.807) is 28.0 Å². The third-order valence-electron chi connectivity index (χ3n) is 6.94. The number of hydrogen-bond donors (Lipinski definition) is 1. The predicted octanol–water partition coefficient (Wildman–Crippen LogP) is 3.50. The minimum absolute atomic E-state index is 0.0589. The smallest absolute Gasteiger partial charge is 0.256 e. The maximum Gasteiger partial charge on any atom is 0.256 e. The van der Waals surface area contributed by atoms with Crippen molar-refractivity contribution in [1.29, 1.82) is 0 Å². The second-order valence-corrected chi connectivity index (χ2v) is 9.17. The standard InChI is InChI=1S/C28H25N3O5/c32-26(29-15-19-9-12-24-25(14-19)36-17-35-24)20-10-7-18(8-11-20)16-31-22-5-2-1-4-21(22)27(33)30-13-3-6-23(30)28(31)34/h1-2,4-5,7-12,14,23H,3,6,13,15-17H2,(H,29,32). The van der Waals surface area contributed by atoms with Gasteiger partial charge in [0.25, 0.3) is 11.8 Å². The highest BCUT2D eigenvalue weighted by molar-refractivity contribution is 6.11. The molecule has 0 saturated carbocycles. The number of hydrogen-bond acceptors (Lipinski definition) is 5. The number of fused-ring (bicyclic) bond motifs is 3. The first-order chi connectivity index (χ1) is 17.6. The molecule has 0 bridgehead atoms. The Morgan fingerprint density at radius 3 is 2.58 bits per heavy atom. The summed E-state index contributed by atoms with van der Waals surface area (Å²) in [5, 5.41) is 2.92. The van der Waals surface area contributed by atoms with Gasteiger partial charge in [0.2, 0.25) is 12.7 Å². The zero-order valence-electron chi connectivity index (χ0n) is 19.6. The van der Waals surface area contributed by atoms with Crippen LogP contribution in [-0.4, -0.2) is 42.0 Å². The highest BCUT2D eigenvalue weighted by Crippen LogP contribution is 2.34. The number of nitrogens with one attached hydrogen (secondary N) is 1. The van der Waals surface area contributed by atoms with Crippen molar-refractivity contribution in [2.24, 2.45) is 0 Å². The summed E-state index contributed by atoms with van der Waals surface area (Å²) in [5.74, 6) is 1.05. The fourth-order valence-corrected chi connectivity index (χ4v) is 5.05. The maximum absolute atomic E-state index is 13.5. The molecule has 182 valence electrons. The maximum atomic E-state index is 13.5. The lowest BCUT2D eigenvalue weighted by atomic mass is 10.1. The molecular weight excluding hydrogens is 458 g/mol. The van der Waals surface area contributed by atoms with Crippen molar-refractivity contribution >= 4 is 23.4 Å². The Kier molecular flexibility index (Phi) is 5.56. The van der Waals surface area contributed by atoms with Crippen LogP contribution in [0.3, 0.4) is 0 Å². The van der Waals surface area contributed by atoms with E-state index in [4.69, 9.17) is 9.47 Å².